The molecule has 8 heteroatoms. The molecule has 0 unspecified atom stereocenters. The summed E-state index contributed by atoms with van der Waals surface area (Å²) in [6.07, 6.45) is 2.00. The van der Waals surface area contributed by atoms with E-state index in [1.165, 1.54) is 0 Å². The number of nitrogens with one attached hydrogen (secondary N) is 2. The highest BCUT2D eigenvalue weighted by molar-refractivity contribution is 4.98. The van der Waals surface area contributed by atoms with Gasteiger partial charge >= 0.3 is 5.69 Å². The summed E-state index contributed by atoms with van der Waals surface area (Å²) in [4.78, 5) is 16.3. The first kappa shape index (κ1) is 14.0. The largest absolute Gasteiger partial charge is 0.340 e. The molecular weight excluding hydrogens is 270 g/mol. The summed E-state index contributed by atoms with van der Waals surface area (Å²) in [6.45, 7) is 7.79. The number of likely N-dealkylation sites (tertiary alicyclic amines) is 1. The number of aromatic nitrogens is 6. The zero-order chi connectivity index (χ0) is 14.8. The smallest absolute Gasteiger partial charge is 0.314 e. The van der Waals surface area contributed by atoms with E-state index in [-0.39, 0.29) is 5.69 Å². The molecule has 2 N–H and O–H groups in total. The first-order chi connectivity index (χ1) is 10.2. The van der Waals surface area contributed by atoms with Gasteiger partial charge in [-0.25, -0.2) is 9.89 Å². The predicted molar refractivity (Wildman–Crippen MR) is 76.9 cm³/mol. The van der Waals surface area contributed by atoms with E-state index >= 15 is 0 Å². The molecule has 8 nitrogen and oxygen atoms in total. The van der Waals surface area contributed by atoms with Gasteiger partial charge in [-0.3, -0.25) is 9.88 Å². The Kier molecular flexibility index (Phi) is 3.87. The molecule has 2 aromatic rings. The maximum Gasteiger partial charge on any atom is 0.340 e. The zero-order valence-corrected chi connectivity index (χ0v) is 12.5. The number of piperidine rings is 1. The van der Waals surface area contributed by atoms with Gasteiger partial charge in [0.25, 0.3) is 0 Å². The van der Waals surface area contributed by atoms with Crippen LogP contribution in [0.5, 0.6) is 0 Å². The van der Waals surface area contributed by atoms with Crippen LogP contribution >= 0.6 is 0 Å². The quantitative estimate of drug-likeness (QED) is 0.850. The Balaban J connectivity index is 1.59. The van der Waals surface area contributed by atoms with Crippen LogP contribution in [0.15, 0.2) is 4.79 Å². The van der Waals surface area contributed by atoms with Gasteiger partial charge < -0.3 is 4.57 Å². The van der Waals surface area contributed by atoms with Crippen molar-refractivity contribution in [2.75, 3.05) is 13.1 Å². The van der Waals surface area contributed by atoms with Crippen molar-refractivity contribution in [3.05, 3.63) is 28.0 Å². The van der Waals surface area contributed by atoms with Crippen molar-refractivity contribution in [3.63, 3.8) is 0 Å². The van der Waals surface area contributed by atoms with E-state index in [0.29, 0.717) is 5.92 Å². The summed E-state index contributed by atoms with van der Waals surface area (Å²) in [5.41, 5.74) is -0.223. The third-order valence-electron chi connectivity index (χ3n) is 4.19. The fraction of sp³-hybridized carbons (Fsp3) is 0.692. The lowest BCUT2D eigenvalue weighted by molar-refractivity contribution is 0.195. The van der Waals surface area contributed by atoms with Gasteiger partial charge in [0.15, 0.2) is 0 Å². The van der Waals surface area contributed by atoms with Crippen LogP contribution in [0, 0.1) is 6.92 Å². The van der Waals surface area contributed by atoms with Crippen molar-refractivity contribution in [2.45, 2.75) is 45.7 Å². The molecule has 0 aliphatic carbocycles. The molecule has 0 aromatic carbocycles. The molecule has 0 amide bonds. The fourth-order valence-electron chi connectivity index (χ4n) is 2.99. The van der Waals surface area contributed by atoms with Crippen LogP contribution in [0.2, 0.25) is 0 Å². The second-order valence-electron chi connectivity index (χ2n) is 5.52. The molecule has 0 radical (unpaired) electrons. The number of hydrogen-bond donors (Lipinski definition) is 2. The number of nitrogens with zero attached hydrogens (tertiary/aromatic N) is 5. The number of H-pyrrole nitrogens is 2. The lowest BCUT2D eigenvalue weighted by Crippen LogP contribution is -2.33. The van der Waals surface area contributed by atoms with Crippen LogP contribution in [0.4, 0.5) is 0 Å². The molecular formula is C13H21N7O. The molecule has 0 bridgehead atoms. The monoisotopic (exact) mass is 291 g/mol. The maximum atomic E-state index is 11.1. The summed E-state index contributed by atoms with van der Waals surface area (Å²) in [7, 11) is 0. The minimum Gasteiger partial charge on any atom is -0.314 e. The number of hydrogen-bond acceptors (Lipinski definition) is 5. The lowest BCUT2D eigenvalue weighted by atomic mass is 9.96. The minimum atomic E-state index is -0.223. The normalized spacial score (nSPS) is 17.4. The zero-order valence-electron chi connectivity index (χ0n) is 12.5. The number of rotatable bonds is 4. The van der Waals surface area contributed by atoms with E-state index in [0.717, 1.165) is 56.5 Å². The third-order valence-corrected chi connectivity index (χ3v) is 4.19. The van der Waals surface area contributed by atoms with Gasteiger partial charge in [0, 0.05) is 12.5 Å². The molecule has 114 valence electrons. The van der Waals surface area contributed by atoms with Crippen molar-refractivity contribution in [2.24, 2.45) is 0 Å². The van der Waals surface area contributed by atoms with Gasteiger partial charge in [0.2, 0.25) is 0 Å². The average molecular weight is 291 g/mol. The molecule has 3 heterocycles. The summed E-state index contributed by atoms with van der Waals surface area (Å²) < 4.78 is 2.15. The van der Waals surface area contributed by atoms with Crippen molar-refractivity contribution in [3.8, 4) is 0 Å². The van der Waals surface area contributed by atoms with Gasteiger partial charge in [-0.05, 0) is 39.8 Å². The van der Waals surface area contributed by atoms with Crippen LogP contribution < -0.4 is 5.69 Å². The standard InChI is InChI=1S/C13H21N7O/c1-3-20-9(2)15-16-11(20)8-19-6-4-10(5-7-19)12-14-13(21)18-17-12/h10H,3-8H2,1-2H3,(H2,14,17,18,21). The highest BCUT2D eigenvalue weighted by Crippen LogP contribution is 2.25. The molecule has 1 aliphatic rings. The Labute approximate surface area is 122 Å². The van der Waals surface area contributed by atoms with E-state index < -0.39 is 0 Å². The van der Waals surface area contributed by atoms with Crippen molar-refractivity contribution in [1.82, 2.24) is 34.8 Å². The molecule has 0 saturated carbocycles. The van der Waals surface area contributed by atoms with E-state index in [1.54, 1.807) is 0 Å². The fourth-order valence-corrected chi connectivity index (χ4v) is 2.99. The summed E-state index contributed by atoms with van der Waals surface area (Å²) in [5.74, 6) is 3.12. The molecule has 1 saturated heterocycles. The Morgan fingerprint density at radius 1 is 1.29 bits per heavy atom. The summed E-state index contributed by atoms with van der Waals surface area (Å²) in [6, 6.07) is 0. The van der Waals surface area contributed by atoms with Crippen molar-refractivity contribution >= 4 is 0 Å². The second-order valence-corrected chi connectivity index (χ2v) is 5.52. The molecule has 1 aliphatic heterocycles. The highest BCUT2D eigenvalue weighted by Gasteiger charge is 2.24. The average Bonchev–Trinajstić information content (AvgIpc) is 3.06. The Morgan fingerprint density at radius 2 is 2.05 bits per heavy atom. The van der Waals surface area contributed by atoms with Gasteiger partial charge in [0.05, 0.1) is 6.54 Å². The topological polar surface area (TPSA) is 95.5 Å². The van der Waals surface area contributed by atoms with Crippen LogP contribution in [-0.2, 0) is 13.1 Å². The molecule has 0 atom stereocenters. The van der Waals surface area contributed by atoms with E-state index in [9.17, 15) is 4.79 Å². The van der Waals surface area contributed by atoms with Crippen LogP contribution in [0.1, 0.15) is 43.2 Å². The first-order valence-electron chi connectivity index (χ1n) is 7.43. The van der Waals surface area contributed by atoms with Gasteiger partial charge in [-0.15, -0.1) is 10.2 Å². The van der Waals surface area contributed by atoms with Crippen molar-refractivity contribution in [1.29, 1.82) is 0 Å². The molecule has 1 fully saturated rings. The molecule has 0 spiro atoms. The van der Waals surface area contributed by atoms with Crippen molar-refractivity contribution < 1.29 is 0 Å². The Bertz CT molecular complexity index is 648. The van der Waals surface area contributed by atoms with E-state index in [1.807, 2.05) is 6.92 Å². The van der Waals surface area contributed by atoms with E-state index in [2.05, 4.69) is 41.8 Å². The predicted octanol–water partition coefficient (Wildman–Crippen LogP) is 0.397. The second kappa shape index (κ2) is 5.80. The SMILES string of the molecule is CCn1c(C)nnc1CN1CCC(c2n[nH]c(=O)[nH]2)CC1. The van der Waals surface area contributed by atoms with Crippen LogP contribution in [-0.4, -0.2) is 47.9 Å². The summed E-state index contributed by atoms with van der Waals surface area (Å²) in [5, 5.41) is 14.9. The molecule has 3 rings (SSSR count). The maximum absolute atomic E-state index is 11.1. The summed E-state index contributed by atoms with van der Waals surface area (Å²) >= 11 is 0. The lowest BCUT2D eigenvalue weighted by Gasteiger charge is -2.30. The molecule has 21 heavy (non-hydrogen) atoms. The van der Waals surface area contributed by atoms with Gasteiger partial charge in [0.1, 0.15) is 17.5 Å². The third kappa shape index (κ3) is 2.90. The Morgan fingerprint density at radius 3 is 2.67 bits per heavy atom. The van der Waals surface area contributed by atoms with Gasteiger partial charge in [-0.2, -0.15) is 5.10 Å². The van der Waals surface area contributed by atoms with Crippen LogP contribution in [0.25, 0.3) is 0 Å². The highest BCUT2D eigenvalue weighted by atomic mass is 16.1. The molecule has 2 aromatic heterocycles. The first-order valence-corrected chi connectivity index (χ1v) is 7.43. The Hall–Kier alpha value is -1.96. The minimum absolute atomic E-state index is 0.223. The van der Waals surface area contributed by atoms with Crippen LogP contribution in [0.3, 0.4) is 0 Å². The number of aryl methyl sites for hydroxylation is 1. The number of aromatic amines is 2. The van der Waals surface area contributed by atoms with Gasteiger partial charge in [-0.1, -0.05) is 0 Å². The van der Waals surface area contributed by atoms with E-state index in [4.69, 9.17) is 0 Å².